The number of carbonyl (C=O) groups is 2. The lowest BCUT2D eigenvalue weighted by Crippen LogP contribution is -2.39. The van der Waals surface area contributed by atoms with Crippen molar-refractivity contribution >= 4 is 29.0 Å². The molecule has 0 saturated carbocycles. The van der Waals surface area contributed by atoms with Crippen LogP contribution in [0.2, 0.25) is 0 Å². The second kappa shape index (κ2) is 10.4. The number of benzene rings is 1. The van der Waals surface area contributed by atoms with Crippen molar-refractivity contribution in [3.63, 3.8) is 0 Å². The van der Waals surface area contributed by atoms with Crippen LogP contribution in [-0.4, -0.2) is 58.9 Å². The van der Waals surface area contributed by atoms with Crippen molar-refractivity contribution in [3.05, 3.63) is 65.1 Å². The average Bonchev–Trinajstić information content (AvgIpc) is 2.84. The predicted octanol–water partition coefficient (Wildman–Crippen LogP) is 4.27. The van der Waals surface area contributed by atoms with Gasteiger partial charge in [-0.1, -0.05) is 18.2 Å². The molecule has 9 heteroatoms. The van der Waals surface area contributed by atoms with Crippen molar-refractivity contribution in [1.29, 1.82) is 0 Å². The molecule has 2 aliphatic heterocycles. The number of hydrogen-bond acceptors (Lipinski definition) is 6. The van der Waals surface area contributed by atoms with E-state index < -0.39 is 17.3 Å². The van der Waals surface area contributed by atoms with E-state index in [-0.39, 0.29) is 17.5 Å². The molecule has 35 heavy (non-hydrogen) atoms. The van der Waals surface area contributed by atoms with E-state index in [1.165, 1.54) is 6.07 Å². The first kappa shape index (κ1) is 24.5. The average molecular weight is 480 g/mol. The van der Waals surface area contributed by atoms with Gasteiger partial charge in [0.05, 0.1) is 5.69 Å². The Morgan fingerprint density at radius 1 is 1.09 bits per heavy atom. The van der Waals surface area contributed by atoms with Gasteiger partial charge in [-0.2, -0.15) is 0 Å². The molecule has 2 N–H and O–H groups in total. The Morgan fingerprint density at radius 2 is 1.91 bits per heavy atom. The number of carbonyl (C=O) groups excluding carboxylic acids is 2. The van der Waals surface area contributed by atoms with Gasteiger partial charge in [0, 0.05) is 30.8 Å². The molecule has 8 nitrogen and oxygen atoms in total. The van der Waals surface area contributed by atoms with Crippen molar-refractivity contribution in [2.75, 3.05) is 31.5 Å². The second-order valence-corrected chi connectivity index (χ2v) is 9.54. The molecule has 0 radical (unpaired) electrons. The van der Waals surface area contributed by atoms with Gasteiger partial charge in [0.1, 0.15) is 11.4 Å². The van der Waals surface area contributed by atoms with E-state index in [2.05, 4.69) is 20.8 Å². The van der Waals surface area contributed by atoms with Gasteiger partial charge in [0.15, 0.2) is 5.82 Å². The van der Waals surface area contributed by atoms with E-state index in [0.717, 1.165) is 24.1 Å². The molecule has 184 valence electrons. The summed E-state index contributed by atoms with van der Waals surface area (Å²) in [7, 11) is 0. The fraction of sp³-hybridized carbons (Fsp3) is 0.385. The molecule has 2 aliphatic rings. The maximum atomic E-state index is 14.6. The number of ether oxygens (including phenoxy) is 1. The third-order valence-corrected chi connectivity index (χ3v) is 5.74. The monoisotopic (exact) mass is 479 g/mol. The lowest BCUT2D eigenvalue weighted by Gasteiger charge is -2.29. The summed E-state index contributed by atoms with van der Waals surface area (Å²) < 4.78 is 20.1. The molecule has 0 bridgehead atoms. The molecule has 0 saturated heterocycles. The number of halogens is 1. The number of hydrogen-bond donors (Lipinski definition) is 2. The zero-order valence-corrected chi connectivity index (χ0v) is 20.2. The predicted molar refractivity (Wildman–Crippen MR) is 132 cm³/mol. The Labute approximate surface area is 204 Å². The Bertz CT molecular complexity index is 1170. The number of amides is 2. The fourth-order valence-electron chi connectivity index (χ4n) is 3.94. The topological polar surface area (TPSA) is 96.5 Å². The van der Waals surface area contributed by atoms with Crippen molar-refractivity contribution < 1.29 is 18.7 Å². The van der Waals surface area contributed by atoms with Gasteiger partial charge in [-0.25, -0.2) is 9.18 Å². The molecular weight excluding hydrogens is 449 g/mol. The van der Waals surface area contributed by atoms with Gasteiger partial charge in [-0.15, -0.1) is 10.2 Å². The van der Waals surface area contributed by atoms with Crippen LogP contribution in [-0.2, 0) is 4.74 Å². The molecule has 0 spiro atoms. The van der Waals surface area contributed by atoms with Crippen molar-refractivity contribution in [3.8, 4) is 0 Å². The summed E-state index contributed by atoms with van der Waals surface area (Å²) in [6, 6.07) is 7.93. The molecule has 0 fully saturated rings. The third-order valence-electron chi connectivity index (χ3n) is 5.74. The first-order chi connectivity index (χ1) is 16.7. The van der Waals surface area contributed by atoms with E-state index in [9.17, 15) is 14.0 Å². The largest absolute Gasteiger partial charge is 0.444 e. The maximum absolute atomic E-state index is 14.6. The smallest absolute Gasteiger partial charge is 0.410 e. The Kier molecular flexibility index (Phi) is 7.25. The van der Waals surface area contributed by atoms with Gasteiger partial charge < -0.3 is 20.3 Å². The van der Waals surface area contributed by atoms with Crippen molar-refractivity contribution in [1.82, 2.24) is 20.4 Å². The van der Waals surface area contributed by atoms with Crippen LogP contribution in [0.25, 0.3) is 11.1 Å². The molecule has 0 unspecified atom stereocenters. The molecule has 1 aromatic heterocycles. The second-order valence-electron chi connectivity index (χ2n) is 9.54. The Morgan fingerprint density at radius 3 is 2.51 bits per heavy atom. The van der Waals surface area contributed by atoms with Crippen LogP contribution in [0, 0.1) is 5.82 Å². The summed E-state index contributed by atoms with van der Waals surface area (Å²) in [6.45, 7) is 7.99. The lowest BCUT2D eigenvalue weighted by atomic mass is 9.98. The zero-order valence-electron chi connectivity index (χ0n) is 20.2. The van der Waals surface area contributed by atoms with Crippen LogP contribution < -0.4 is 10.6 Å². The molecule has 0 aliphatic carbocycles. The summed E-state index contributed by atoms with van der Waals surface area (Å²) in [5.74, 6) is -0.602. The minimum Gasteiger partial charge on any atom is -0.444 e. The molecule has 0 atom stereocenters. The standard InChI is InChI=1S/C26H30FN5O3/c1-26(2,3)35-25(34)32-14-10-18(11-15-32)22-6-7-23(31-30-22)29-24(33)19-4-5-20(21(27)16-19)17-8-12-28-13-9-17/h4-8,10,16,28H,9,11-15H2,1-3H3,(H,29,31,33). The minimum absolute atomic E-state index is 0.212. The highest BCUT2D eigenvalue weighted by atomic mass is 19.1. The highest BCUT2D eigenvalue weighted by Gasteiger charge is 2.24. The van der Waals surface area contributed by atoms with Gasteiger partial charge in [0.25, 0.3) is 5.91 Å². The normalized spacial score (nSPS) is 16.3. The molecule has 2 amide bonds. The van der Waals surface area contributed by atoms with E-state index in [1.807, 2.05) is 32.9 Å². The van der Waals surface area contributed by atoms with Crippen LogP contribution in [0.5, 0.6) is 0 Å². The summed E-state index contributed by atoms with van der Waals surface area (Å²) in [5.41, 5.74) is 2.80. The van der Waals surface area contributed by atoms with Crippen molar-refractivity contribution in [2.24, 2.45) is 0 Å². The molecular formula is C26H30FN5O3. The highest BCUT2D eigenvalue weighted by Crippen LogP contribution is 2.25. The first-order valence-corrected chi connectivity index (χ1v) is 11.7. The van der Waals surface area contributed by atoms with Gasteiger partial charge in [-0.3, -0.25) is 4.79 Å². The van der Waals surface area contributed by atoms with Gasteiger partial charge >= 0.3 is 6.09 Å². The summed E-state index contributed by atoms with van der Waals surface area (Å²) >= 11 is 0. The lowest BCUT2D eigenvalue weighted by molar-refractivity contribution is 0.0270. The number of aromatic nitrogens is 2. The van der Waals surface area contributed by atoms with E-state index in [1.54, 1.807) is 29.2 Å². The van der Waals surface area contributed by atoms with E-state index >= 15 is 0 Å². The van der Waals surface area contributed by atoms with E-state index in [0.29, 0.717) is 37.3 Å². The number of rotatable bonds is 4. The van der Waals surface area contributed by atoms with Crippen LogP contribution in [0.4, 0.5) is 15.0 Å². The van der Waals surface area contributed by atoms with Crippen LogP contribution in [0.1, 0.15) is 55.2 Å². The van der Waals surface area contributed by atoms with Gasteiger partial charge in [0.2, 0.25) is 0 Å². The third kappa shape index (κ3) is 6.30. The molecule has 1 aromatic carbocycles. The Hall–Kier alpha value is -3.59. The number of nitrogens with one attached hydrogen (secondary N) is 2. The summed E-state index contributed by atoms with van der Waals surface area (Å²) in [6.07, 6.45) is 4.93. The summed E-state index contributed by atoms with van der Waals surface area (Å²) in [5, 5.41) is 14.2. The zero-order chi connectivity index (χ0) is 25.0. The van der Waals surface area contributed by atoms with Crippen LogP contribution in [0.15, 0.2) is 42.5 Å². The molecule has 4 rings (SSSR count). The highest BCUT2D eigenvalue weighted by molar-refractivity contribution is 6.04. The van der Waals surface area contributed by atoms with Crippen LogP contribution >= 0.6 is 0 Å². The number of nitrogens with zero attached hydrogens (tertiary/aromatic N) is 3. The SMILES string of the molecule is CC(C)(C)OC(=O)N1CC=C(c2ccc(NC(=O)c3ccc(C4=CCNCC4)c(F)c3)nn2)CC1. The quantitative estimate of drug-likeness (QED) is 0.680. The van der Waals surface area contributed by atoms with E-state index in [4.69, 9.17) is 4.74 Å². The first-order valence-electron chi connectivity index (χ1n) is 11.7. The summed E-state index contributed by atoms with van der Waals surface area (Å²) in [4.78, 5) is 26.5. The van der Waals surface area contributed by atoms with Gasteiger partial charge in [-0.05, 0) is 75.6 Å². The number of anilines is 1. The van der Waals surface area contributed by atoms with Crippen LogP contribution in [0.3, 0.4) is 0 Å². The molecule has 3 heterocycles. The van der Waals surface area contributed by atoms with Crippen molar-refractivity contribution in [2.45, 2.75) is 39.2 Å². The molecule has 2 aromatic rings. The maximum Gasteiger partial charge on any atom is 0.410 e. The minimum atomic E-state index is -0.536. The Balaban J connectivity index is 1.36. The fourth-order valence-corrected chi connectivity index (χ4v) is 3.94.